The Balaban J connectivity index is 2.29. The van der Waals surface area contributed by atoms with Gasteiger partial charge >= 0.3 is 0 Å². The van der Waals surface area contributed by atoms with Crippen LogP contribution >= 0.6 is 34.8 Å². The zero-order chi connectivity index (χ0) is 14.7. The summed E-state index contributed by atoms with van der Waals surface area (Å²) in [5.74, 6) is 0. The number of nitro benzene ring substituents is 1. The van der Waals surface area contributed by atoms with Crippen LogP contribution in [0.15, 0.2) is 36.4 Å². The summed E-state index contributed by atoms with van der Waals surface area (Å²) >= 11 is 17.5. The molecule has 0 heterocycles. The van der Waals surface area contributed by atoms with Crippen LogP contribution in [0.3, 0.4) is 0 Å². The van der Waals surface area contributed by atoms with Crippen LogP contribution in [0.25, 0.3) is 12.2 Å². The molecule has 0 fully saturated rings. The number of nitro groups is 1. The van der Waals surface area contributed by atoms with Crippen molar-refractivity contribution in [2.24, 2.45) is 0 Å². The van der Waals surface area contributed by atoms with Gasteiger partial charge in [0.1, 0.15) is 5.02 Å². The monoisotopic (exact) mass is 327 g/mol. The molecule has 102 valence electrons. The highest BCUT2D eigenvalue weighted by Crippen LogP contribution is 2.27. The molecule has 0 N–H and O–H groups in total. The smallest absolute Gasteiger partial charge is 0.258 e. The fourth-order valence-corrected chi connectivity index (χ4v) is 2.07. The van der Waals surface area contributed by atoms with Gasteiger partial charge in [0.05, 0.1) is 15.0 Å². The van der Waals surface area contributed by atoms with Crippen molar-refractivity contribution in [1.82, 2.24) is 0 Å². The second-order valence-electron chi connectivity index (χ2n) is 3.97. The lowest BCUT2D eigenvalue weighted by atomic mass is 10.1. The topological polar surface area (TPSA) is 43.1 Å². The molecule has 0 aromatic heterocycles. The molecular weight excluding hydrogens is 321 g/mol. The molecule has 2 rings (SSSR count). The first-order valence-electron chi connectivity index (χ1n) is 5.54. The molecule has 0 aliphatic heterocycles. The predicted molar refractivity (Wildman–Crippen MR) is 83.5 cm³/mol. The average Bonchev–Trinajstić information content (AvgIpc) is 2.41. The zero-order valence-corrected chi connectivity index (χ0v) is 12.3. The van der Waals surface area contributed by atoms with E-state index >= 15 is 0 Å². The van der Waals surface area contributed by atoms with Crippen LogP contribution in [0.4, 0.5) is 5.69 Å². The van der Waals surface area contributed by atoms with Crippen LogP contribution in [0, 0.1) is 10.1 Å². The molecular formula is C14H8Cl3NO2. The van der Waals surface area contributed by atoms with Crippen LogP contribution in [0.1, 0.15) is 11.1 Å². The molecule has 0 unspecified atom stereocenters. The van der Waals surface area contributed by atoms with Gasteiger partial charge in [-0.25, -0.2) is 0 Å². The van der Waals surface area contributed by atoms with Crippen LogP contribution in [0.5, 0.6) is 0 Å². The normalized spacial score (nSPS) is 10.9. The van der Waals surface area contributed by atoms with Crippen molar-refractivity contribution in [1.29, 1.82) is 0 Å². The Morgan fingerprint density at radius 2 is 1.40 bits per heavy atom. The summed E-state index contributed by atoms with van der Waals surface area (Å²) in [6, 6.07) is 9.81. The van der Waals surface area contributed by atoms with E-state index in [1.165, 1.54) is 12.1 Å². The van der Waals surface area contributed by atoms with Gasteiger partial charge in [0.25, 0.3) is 5.69 Å². The fourth-order valence-electron chi connectivity index (χ4n) is 1.58. The number of halogens is 3. The molecule has 0 aliphatic carbocycles. The maximum atomic E-state index is 10.8. The van der Waals surface area contributed by atoms with Gasteiger partial charge in [-0.05, 0) is 29.3 Å². The number of nitrogens with zero attached hydrogens (tertiary/aromatic N) is 1. The van der Waals surface area contributed by atoms with E-state index in [1.54, 1.807) is 36.4 Å². The van der Waals surface area contributed by atoms with Crippen molar-refractivity contribution in [3.05, 3.63) is 72.7 Å². The molecule has 0 spiro atoms. The quantitative estimate of drug-likeness (QED) is 0.410. The van der Waals surface area contributed by atoms with E-state index in [9.17, 15) is 10.1 Å². The van der Waals surface area contributed by atoms with E-state index in [0.29, 0.717) is 15.6 Å². The van der Waals surface area contributed by atoms with Crippen molar-refractivity contribution in [2.75, 3.05) is 0 Å². The lowest BCUT2D eigenvalue weighted by Crippen LogP contribution is -1.89. The summed E-state index contributed by atoms with van der Waals surface area (Å²) in [7, 11) is 0. The minimum Gasteiger partial charge on any atom is -0.258 e. The average molecular weight is 329 g/mol. The van der Waals surface area contributed by atoms with Gasteiger partial charge in [-0.15, -0.1) is 0 Å². The summed E-state index contributed by atoms with van der Waals surface area (Å²) in [6.45, 7) is 0. The molecule has 3 nitrogen and oxygen atoms in total. The minimum atomic E-state index is -0.515. The lowest BCUT2D eigenvalue weighted by molar-refractivity contribution is -0.384. The van der Waals surface area contributed by atoms with E-state index in [-0.39, 0.29) is 10.7 Å². The first kappa shape index (κ1) is 14.9. The van der Waals surface area contributed by atoms with Crippen molar-refractivity contribution >= 4 is 52.6 Å². The molecule has 20 heavy (non-hydrogen) atoms. The van der Waals surface area contributed by atoms with Gasteiger partial charge in [-0.1, -0.05) is 59.1 Å². The molecule has 2 aromatic carbocycles. The van der Waals surface area contributed by atoms with Gasteiger partial charge in [0.2, 0.25) is 0 Å². The molecule has 0 saturated heterocycles. The highest BCUT2D eigenvalue weighted by molar-refractivity contribution is 6.42. The molecule has 0 radical (unpaired) electrons. The largest absolute Gasteiger partial charge is 0.288 e. The standard InChI is InChI=1S/C14H8Cl3NO2/c15-11-5-3-9(7-13(11)17)1-2-10-4-6-12(16)14(8-10)18(19)20/h1-8H/b2-1+. The Morgan fingerprint density at radius 1 is 0.850 bits per heavy atom. The number of rotatable bonds is 3. The third kappa shape index (κ3) is 3.51. The third-order valence-corrected chi connectivity index (χ3v) is 3.64. The van der Waals surface area contributed by atoms with E-state index < -0.39 is 4.92 Å². The first-order valence-corrected chi connectivity index (χ1v) is 6.68. The van der Waals surface area contributed by atoms with E-state index in [2.05, 4.69) is 0 Å². The highest BCUT2D eigenvalue weighted by Gasteiger charge is 2.11. The summed E-state index contributed by atoms with van der Waals surface area (Å²) < 4.78 is 0. The number of benzene rings is 2. The summed E-state index contributed by atoms with van der Waals surface area (Å²) in [6.07, 6.45) is 3.53. The molecule has 0 saturated carbocycles. The SMILES string of the molecule is O=[N+]([O-])c1cc(/C=C/c2ccc(Cl)c(Cl)c2)ccc1Cl. The Hall–Kier alpha value is -1.55. The van der Waals surface area contributed by atoms with Gasteiger partial charge in [0, 0.05) is 6.07 Å². The Morgan fingerprint density at radius 3 is 1.95 bits per heavy atom. The van der Waals surface area contributed by atoms with E-state index in [0.717, 1.165) is 5.56 Å². The summed E-state index contributed by atoms with van der Waals surface area (Å²) in [4.78, 5) is 10.3. The van der Waals surface area contributed by atoms with Crippen molar-refractivity contribution in [3.8, 4) is 0 Å². The lowest BCUT2D eigenvalue weighted by Gasteiger charge is -1.99. The summed E-state index contributed by atoms with van der Waals surface area (Å²) in [5.41, 5.74) is 1.40. The third-order valence-electron chi connectivity index (χ3n) is 2.58. The van der Waals surface area contributed by atoms with E-state index in [4.69, 9.17) is 34.8 Å². The molecule has 0 atom stereocenters. The fraction of sp³-hybridized carbons (Fsp3) is 0. The van der Waals surface area contributed by atoms with Gasteiger partial charge in [0.15, 0.2) is 0 Å². The Labute approximate surface area is 130 Å². The minimum absolute atomic E-state index is 0.113. The number of hydrogen-bond acceptors (Lipinski definition) is 2. The molecule has 2 aromatic rings. The van der Waals surface area contributed by atoms with Gasteiger partial charge < -0.3 is 0 Å². The second kappa shape index (κ2) is 6.27. The van der Waals surface area contributed by atoms with Crippen LogP contribution < -0.4 is 0 Å². The van der Waals surface area contributed by atoms with Gasteiger partial charge in [-0.2, -0.15) is 0 Å². The summed E-state index contributed by atoms with van der Waals surface area (Å²) in [5, 5.41) is 11.8. The molecule has 6 heteroatoms. The Bertz CT molecular complexity index is 699. The van der Waals surface area contributed by atoms with Crippen molar-refractivity contribution in [3.63, 3.8) is 0 Å². The molecule has 0 bridgehead atoms. The second-order valence-corrected chi connectivity index (χ2v) is 5.20. The van der Waals surface area contributed by atoms with Crippen LogP contribution in [0.2, 0.25) is 15.1 Å². The Kier molecular flexibility index (Phi) is 4.65. The van der Waals surface area contributed by atoms with Gasteiger partial charge in [-0.3, -0.25) is 10.1 Å². The zero-order valence-electron chi connectivity index (χ0n) is 10.0. The predicted octanol–water partition coefficient (Wildman–Crippen LogP) is 5.73. The van der Waals surface area contributed by atoms with Crippen LogP contribution in [-0.4, -0.2) is 4.92 Å². The molecule has 0 amide bonds. The first-order chi connectivity index (χ1) is 9.47. The van der Waals surface area contributed by atoms with Crippen LogP contribution in [-0.2, 0) is 0 Å². The van der Waals surface area contributed by atoms with E-state index in [1.807, 2.05) is 0 Å². The van der Waals surface area contributed by atoms with Crippen molar-refractivity contribution in [2.45, 2.75) is 0 Å². The maximum Gasteiger partial charge on any atom is 0.288 e. The maximum absolute atomic E-state index is 10.8. The van der Waals surface area contributed by atoms with Crippen molar-refractivity contribution < 1.29 is 4.92 Å². The highest BCUT2D eigenvalue weighted by atomic mass is 35.5. The number of hydrogen-bond donors (Lipinski definition) is 0. The molecule has 0 aliphatic rings.